The van der Waals surface area contributed by atoms with Crippen LogP contribution >= 0.6 is 11.8 Å². The SMILES string of the molecule is Cc1nc(SC(F)F)nc(C)c1CCC(=O)Nc1ccc2c(c1)OCO2. The third-order valence-electron chi connectivity index (χ3n) is 3.85. The number of carbonyl (C=O) groups is 1. The number of ether oxygens (including phenoxy) is 2. The van der Waals surface area contributed by atoms with E-state index in [0.717, 1.165) is 5.56 Å². The van der Waals surface area contributed by atoms with Gasteiger partial charge >= 0.3 is 0 Å². The number of hydrogen-bond donors (Lipinski definition) is 1. The maximum Gasteiger partial charge on any atom is 0.291 e. The Balaban J connectivity index is 1.61. The zero-order chi connectivity index (χ0) is 18.7. The Morgan fingerprint density at radius 2 is 1.92 bits per heavy atom. The van der Waals surface area contributed by atoms with Crippen molar-refractivity contribution in [3.8, 4) is 11.5 Å². The molecule has 0 saturated heterocycles. The number of amides is 1. The van der Waals surface area contributed by atoms with Crippen LogP contribution in [0.25, 0.3) is 0 Å². The second-order valence-electron chi connectivity index (χ2n) is 5.65. The van der Waals surface area contributed by atoms with Crippen LogP contribution in [0, 0.1) is 13.8 Å². The number of nitrogens with one attached hydrogen (secondary N) is 1. The third kappa shape index (κ3) is 4.40. The summed E-state index contributed by atoms with van der Waals surface area (Å²) in [5, 5.41) is 2.84. The smallest absolute Gasteiger partial charge is 0.291 e. The minimum absolute atomic E-state index is 0.0450. The van der Waals surface area contributed by atoms with Gasteiger partial charge in [0.05, 0.1) is 0 Å². The number of anilines is 1. The van der Waals surface area contributed by atoms with E-state index in [-0.39, 0.29) is 24.3 Å². The highest BCUT2D eigenvalue weighted by Gasteiger charge is 2.16. The number of thioether (sulfide) groups is 1. The number of rotatable bonds is 6. The van der Waals surface area contributed by atoms with Crippen LogP contribution in [0.5, 0.6) is 11.5 Å². The van der Waals surface area contributed by atoms with Crippen molar-refractivity contribution in [2.24, 2.45) is 0 Å². The number of aryl methyl sites for hydroxylation is 2. The van der Waals surface area contributed by atoms with Crippen LogP contribution in [-0.2, 0) is 11.2 Å². The molecule has 0 unspecified atom stereocenters. The maximum absolute atomic E-state index is 12.4. The number of halogens is 2. The predicted octanol–water partition coefficient (Wildman–Crippen LogP) is 3.71. The molecule has 0 atom stereocenters. The van der Waals surface area contributed by atoms with Gasteiger partial charge in [-0.3, -0.25) is 4.79 Å². The monoisotopic (exact) mass is 381 g/mol. The van der Waals surface area contributed by atoms with E-state index in [0.29, 0.717) is 46.8 Å². The van der Waals surface area contributed by atoms with E-state index in [4.69, 9.17) is 9.47 Å². The normalized spacial score (nSPS) is 12.5. The zero-order valence-corrected chi connectivity index (χ0v) is 15.0. The van der Waals surface area contributed by atoms with Crippen molar-refractivity contribution in [2.75, 3.05) is 12.1 Å². The number of alkyl halides is 2. The molecule has 0 spiro atoms. The van der Waals surface area contributed by atoms with Crippen LogP contribution in [0.1, 0.15) is 23.4 Å². The van der Waals surface area contributed by atoms with Gasteiger partial charge in [-0.05, 0) is 49.7 Å². The van der Waals surface area contributed by atoms with Crippen molar-refractivity contribution in [2.45, 2.75) is 37.6 Å². The summed E-state index contributed by atoms with van der Waals surface area (Å²) in [5.74, 6) is -1.50. The van der Waals surface area contributed by atoms with Crippen LogP contribution in [0.2, 0.25) is 0 Å². The van der Waals surface area contributed by atoms with Gasteiger partial charge in [0.15, 0.2) is 16.7 Å². The van der Waals surface area contributed by atoms with E-state index in [1.54, 1.807) is 32.0 Å². The summed E-state index contributed by atoms with van der Waals surface area (Å²) in [6.45, 7) is 3.63. The van der Waals surface area contributed by atoms with Gasteiger partial charge in [-0.25, -0.2) is 9.97 Å². The second kappa shape index (κ2) is 7.86. The highest BCUT2D eigenvalue weighted by molar-refractivity contribution is 7.99. The van der Waals surface area contributed by atoms with Gasteiger partial charge in [-0.15, -0.1) is 0 Å². The number of aromatic nitrogens is 2. The average molecular weight is 381 g/mol. The highest BCUT2D eigenvalue weighted by Crippen LogP contribution is 2.34. The van der Waals surface area contributed by atoms with Gasteiger partial charge in [-0.1, -0.05) is 0 Å². The molecule has 1 amide bonds. The lowest BCUT2D eigenvalue weighted by molar-refractivity contribution is -0.116. The molecule has 2 heterocycles. The first kappa shape index (κ1) is 18.4. The molecule has 1 aromatic carbocycles. The van der Waals surface area contributed by atoms with Crippen molar-refractivity contribution in [3.05, 3.63) is 35.2 Å². The Morgan fingerprint density at radius 3 is 2.62 bits per heavy atom. The van der Waals surface area contributed by atoms with Gasteiger partial charge in [0.2, 0.25) is 12.7 Å². The number of hydrogen-bond acceptors (Lipinski definition) is 6. The summed E-state index contributed by atoms with van der Waals surface area (Å²) >= 11 is 0.314. The molecule has 26 heavy (non-hydrogen) atoms. The molecule has 0 aliphatic carbocycles. The van der Waals surface area contributed by atoms with Crippen LogP contribution in [0.4, 0.5) is 14.5 Å². The number of benzene rings is 1. The van der Waals surface area contributed by atoms with E-state index in [1.165, 1.54) is 0 Å². The van der Waals surface area contributed by atoms with Crippen molar-refractivity contribution < 1.29 is 23.0 Å². The molecule has 9 heteroatoms. The number of nitrogens with zero attached hydrogens (tertiary/aromatic N) is 2. The Labute approximate surface area is 153 Å². The molecule has 2 aromatic rings. The Bertz CT molecular complexity index is 810. The quantitative estimate of drug-likeness (QED) is 0.607. The molecule has 0 fully saturated rings. The standard InChI is InChI=1S/C17H17F2N3O3S/c1-9-12(10(2)21-17(20-9)26-16(18)19)4-6-15(23)22-11-3-5-13-14(7-11)25-8-24-13/h3,5,7,16H,4,6,8H2,1-2H3,(H,22,23). The lowest BCUT2D eigenvalue weighted by Crippen LogP contribution is -2.13. The molecule has 0 bridgehead atoms. The molecule has 1 N–H and O–H groups in total. The van der Waals surface area contributed by atoms with E-state index >= 15 is 0 Å². The first-order valence-electron chi connectivity index (χ1n) is 7.91. The van der Waals surface area contributed by atoms with E-state index in [9.17, 15) is 13.6 Å². The molecule has 1 aliphatic heterocycles. The van der Waals surface area contributed by atoms with Crippen molar-refractivity contribution >= 4 is 23.4 Å². The summed E-state index contributed by atoms with van der Waals surface area (Å²) < 4.78 is 35.4. The van der Waals surface area contributed by atoms with Gasteiger partial charge in [-0.2, -0.15) is 8.78 Å². The largest absolute Gasteiger partial charge is 0.454 e. The fourth-order valence-electron chi connectivity index (χ4n) is 2.64. The number of carbonyl (C=O) groups excluding carboxylic acids is 1. The van der Waals surface area contributed by atoms with Crippen LogP contribution < -0.4 is 14.8 Å². The molecule has 0 radical (unpaired) electrons. The fraction of sp³-hybridized carbons (Fsp3) is 0.353. The minimum Gasteiger partial charge on any atom is -0.454 e. The summed E-state index contributed by atoms with van der Waals surface area (Å²) in [7, 11) is 0. The highest BCUT2D eigenvalue weighted by atomic mass is 32.2. The molecular weight excluding hydrogens is 364 g/mol. The van der Waals surface area contributed by atoms with E-state index in [2.05, 4.69) is 15.3 Å². The molecule has 3 rings (SSSR count). The molecular formula is C17H17F2N3O3S. The summed E-state index contributed by atoms with van der Waals surface area (Å²) in [6, 6.07) is 5.18. The lowest BCUT2D eigenvalue weighted by Gasteiger charge is -2.11. The van der Waals surface area contributed by atoms with Gasteiger partial charge < -0.3 is 14.8 Å². The summed E-state index contributed by atoms with van der Waals surface area (Å²) in [4.78, 5) is 20.4. The molecule has 6 nitrogen and oxygen atoms in total. The first-order valence-corrected chi connectivity index (χ1v) is 8.79. The Morgan fingerprint density at radius 1 is 1.23 bits per heavy atom. The van der Waals surface area contributed by atoms with Crippen LogP contribution in [0.3, 0.4) is 0 Å². The van der Waals surface area contributed by atoms with Crippen LogP contribution in [-0.4, -0.2) is 28.4 Å². The minimum atomic E-state index is -2.56. The average Bonchev–Trinajstić information content (AvgIpc) is 3.01. The molecule has 1 aromatic heterocycles. The van der Waals surface area contributed by atoms with E-state index < -0.39 is 5.76 Å². The van der Waals surface area contributed by atoms with Crippen molar-refractivity contribution in [3.63, 3.8) is 0 Å². The summed E-state index contributed by atoms with van der Waals surface area (Å²) in [6.07, 6.45) is 0.647. The van der Waals surface area contributed by atoms with Crippen molar-refractivity contribution in [1.29, 1.82) is 0 Å². The first-order chi connectivity index (χ1) is 12.4. The maximum atomic E-state index is 12.4. The van der Waals surface area contributed by atoms with E-state index in [1.807, 2.05) is 0 Å². The fourth-order valence-corrected chi connectivity index (χ4v) is 3.18. The third-order valence-corrected chi connectivity index (χ3v) is 4.42. The van der Waals surface area contributed by atoms with Gasteiger partial charge in [0.1, 0.15) is 0 Å². The molecule has 1 aliphatic rings. The van der Waals surface area contributed by atoms with Crippen LogP contribution in [0.15, 0.2) is 23.4 Å². The van der Waals surface area contributed by atoms with Crippen molar-refractivity contribution in [1.82, 2.24) is 9.97 Å². The zero-order valence-electron chi connectivity index (χ0n) is 14.2. The molecule has 138 valence electrons. The molecule has 0 saturated carbocycles. The Hall–Kier alpha value is -2.42. The Kier molecular flexibility index (Phi) is 5.55. The lowest BCUT2D eigenvalue weighted by atomic mass is 10.1. The van der Waals surface area contributed by atoms with Gasteiger partial charge in [0.25, 0.3) is 5.76 Å². The summed E-state index contributed by atoms with van der Waals surface area (Å²) in [5.41, 5.74) is 2.63. The predicted molar refractivity (Wildman–Crippen MR) is 92.9 cm³/mol. The second-order valence-corrected chi connectivity index (χ2v) is 6.61. The topological polar surface area (TPSA) is 73.3 Å². The number of fused-ring (bicyclic) bond motifs is 1. The van der Waals surface area contributed by atoms with Gasteiger partial charge in [0, 0.05) is 29.6 Å².